The zero-order valence-electron chi connectivity index (χ0n) is 50.2. The number of nitrogens with one attached hydrogen (secondary N) is 1. The summed E-state index contributed by atoms with van der Waals surface area (Å²) < 4.78 is 30.7. The number of ether oxygens (including phenoxy) is 1. The summed E-state index contributed by atoms with van der Waals surface area (Å²) in [6.45, 7) is 6.87. The van der Waals surface area contributed by atoms with Crippen molar-refractivity contribution in [3.63, 3.8) is 0 Å². The largest absolute Gasteiger partial charge is 0.472 e. The maximum Gasteiger partial charge on any atom is 0.472 e. The molecule has 0 aliphatic rings. The summed E-state index contributed by atoms with van der Waals surface area (Å²) in [5, 5.41) is 3.03. The summed E-state index contributed by atoms with van der Waals surface area (Å²) in [6.07, 6.45) is 73.0. The molecule has 0 aliphatic heterocycles. The van der Waals surface area contributed by atoms with Crippen LogP contribution in [-0.2, 0) is 27.9 Å². The minimum Gasteiger partial charge on any atom is -0.456 e. The number of esters is 1. The molecular weight excluding hydrogens is 964 g/mol. The van der Waals surface area contributed by atoms with Gasteiger partial charge in [-0.15, -0.1) is 0 Å². The van der Waals surface area contributed by atoms with Gasteiger partial charge in [0.05, 0.1) is 33.8 Å². The molecule has 10 heteroatoms. The van der Waals surface area contributed by atoms with E-state index in [1.807, 2.05) is 33.3 Å². The van der Waals surface area contributed by atoms with Crippen molar-refractivity contribution in [2.24, 2.45) is 0 Å². The molecule has 0 saturated heterocycles. The van der Waals surface area contributed by atoms with Crippen LogP contribution in [0.25, 0.3) is 0 Å². The molecule has 3 unspecified atom stereocenters. The van der Waals surface area contributed by atoms with Gasteiger partial charge in [0.25, 0.3) is 0 Å². The molecule has 0 heterocycles. The highest BCUT2D eigenvalue weighted by Gasteiger charge is 2.30. The normalized spacial score (nSPS) is 14.2. The molecule has 0 aliphatic carbocycles. The lowest BCUT2D eigenvalue weighted by atomic mass is 10.0. The molecule has 0 bridgehead atoms. The number of quaternary nitrogens is 1. The quantitative estimate of drug-likeness (QED) is 0.0205. The number of phosphoric ester groups is 1. The summed E-state index contributed by atoms with van der Waals surface area (Å²) in [5.74, 6) is -0.552. The number of phosphoric acid groups is 1. The van der Waals surface area contributed by atoms with Crippen LogP contribution >= 0.6 is 7.82 Å². The van der Waals surface area contributed by atoms with Gasteiger partial charge in [-0.05, 0) is 83.1 Å². The van der Waals surface area contributed by atoms with Crippen molar-refractivity contribution in [3.8, 4) is 0 Å². The number of likely N-dealkylation sites (N-methyl/N-ethyl adjacent to an activating group) is 1. The van der Waals surface area contributed by atoms with Gasteiger partial charge in [-0.2, -0.15) is 0 Å². The Hall–Kier alpha value is -2.81. The van der Waals surface area contributed by atoms with E-state index < -0.39 is 20.0 Å². The smallest absolute Gasteiger partial charge is 0.456 e. The van der Waals surface area contributed by atoms with E-state index in [2.05, 4.69) is 99.0 Å². The summed E-state index contributed by atoms with van der Waals surface area (Å²) in [4.78, 5) is 37.7. The third-order valence-electron chi connectivity index (χ3n) is 13.6. The summed E-state index contributed by atoms with van der Waals surface area (Å²) in [6, 6.07) is -0.873. The van der Waals surface area contributed by atoms with Crippen molar-refractivity contribution in [3.05, 3.63) is 85.1 Å². The van der Waals surface area contributed by atoms with Crippen LogP contribution in [0.3, 0.4) is 0 Å². The van der Waals surface area contributed by atoms with Gasteiger partial charge in [-0.1, -0.05) is 260 Å². The van der Waals surface area contributed by atoms with Gasteiger partial charge in [0, 0.05) is 12.8 Å². The first kappa shape index (κ1) is 73.2. The predicted molar refractivity (Wildman–Crippen MR) is 328 cm³/mol. The lowest BCUT2D eigenvalue weighted by Crippen LogP contribution is -2.47. The molecule has 3 atom stereocenters. The molecule has 0 aromatic heterocycles. The molecule has 0 aromatic rings. The molecular formula is C66H120N2O7P+. The fraction of sp³-hybridized carbons (Fsp3) is 0.758. The van der Waals surface area contributed by atoms with Crippen molar-refractivity contribution in [1.82, 2.24) is 5.32 Å². The second-order valence-corrected chi connectivity index (χ2v) is 23.7. The van der Waals surface area contributed by atoms with Crippen LogP contribution < -0.4 is 5.32 Å². The average molecular weight is 1080 g/mol. The van der Waals surface area contributed by atoms with Crippen LogP contribution in [-0.4, -0.2) is 74.3 Å². The van der Waals surface area contributed by atoms with Crippen LogP contribution in [0.15, 0.2) is 85.1 Å². The van der Waals surface area contributed by atoms with Crippen LogP contribution in [0.2, 0.25) is 0 Å². The second kappa shape index (κ2) is 55.5. The zero-order chi connectivity index (χ0) is 55.7. The molecule has 0 radical (unpaired) electrons. The fourth-order valence-electron chi connectivity index (χ4n) is 8.77. The number of hydrogen-bond acceptors (Lipinski definition) is 6. The Bertz CT molecular complexity index is 1580. The maximum atomic E-state index is 13.5. The highest BCUT2D eigenvalue weighted by Crippen LogP contribution is 2.43. The third kappa shape index (κ3) is 55.9. The van der Waals surface area contributed by atoms with E-state index in [1.165, 1.54) is 141 Å². The van der Waals surface area contributed by atoms with E-state index in [1.54, 1.807) is 0 Å². The summed E-state index contributed by atoms with van der Waals surface area (Å²) in [7, 11) is 1.46. The Labute approximate surface area is 469 Å². The lowest BCUT2D eigenvalue weighted by molar-refractivity contribution is -0.870. The van der Waals surface area contributed by atoms with Crippen molar-refractivity contribution < 1.29 is 37.3 Å². The minimum atomic E-state index is -4.46. The fourth-order valence-corrected chi connectivity index (χ4v) is 9.50. The molecule has 0 aromatic carbocycles. The second-order valence-electron chi connectivity index (χ2n) is 22.2. The number of hydrogen-bond donors (Lipinski definition) is 2. The number of nitrogens with zero attached hydrogens (tertiary/aromatic N) is 1. The summed E-state index contributed by atoms with van der Waals surface area (Å²) in [5.41, 5.74) is 0. The van der Waals surface area contributed by atoms with Crippen LogP contribution in [0.1, 0.15) is 271 Å². The highest BCUT2D eigenvalue weighted by atomic mass is 31.2. The number of carbonyl (C=O) groups excluding carboxylic acids is 2. The summed E-state index contributed by atoms with van der Waals surface area (Å²) >= 11 is 0. The molecule has 0 rings (SSSR count). The number of allylic oxidation sites excluding steroid dienone is 13. The van der Waals surface area contributed by atoms with E-state index in [0.29, 0.717) is 17.4 Å². The van der Waals surface area contributed by atoms with Gasteiger partial charge >= 0.3 is 13.8 Å². The predicted octanol–water partition coefficient (Wildman–Crippen LogP) is 19.4. The van der Waals surface area contributed by atoms with Crippen molar-refractivity contribution in [2.75, 3.05) is 40.9 Å². The van der Waals surface area contributed by atoms with Crippen molar-refractivity contribution >= 4 is 19.7 Å². The van der Waals surface area contributed by atoms with Crippen LogP contribution in [0, 0.1) is 0 Å². The Kier molecular flexibility index (Phi) is 53.5. The van der Waals surface area contributed by atoms with E-state index in [-0.39, 0.29) is 37.9 Å². The first-order chi connectivity index (χ1) is 36.9. The van der Waals surface area contributed by atoms with E-state index in [9.17, 15) is 19.0 Å². The topological polar surface area (TPSA) is 111 Å². The van der Waals surface area contributed by atoms with Crippen molar-refractivity contribution in [1.29, 1.82) is 0 Å². The Morgan fingerprint density at radius 1 is 0.474 bits per heavy atom. The molecule has 2 N–H and O–H groups in total. The lowest BCUT2D eigenvalue weighted by Gasteiger charge is -2.27. The van der Waals surface area contributed by atoms with Gasteiger partial charge in [0.1, 0.15) is 19.3 Å². The first-order valence-electron chi connectivity index (χ1n) is 31.4. The number of unbranched alkanes of at least 4 members (excludes halogenated alkanes) is 28. The maximum absolute atomic E-state index is 13.5. The number of carbonyl (C=O) groups is 2. The molecule has 0 spiro atoms. The monoisotopic (exact) mass is 1080 g/mol. The molecule has 9 nitrogen and oxygen atoms in total. The van der Waals surface area contributed by atoms with Gasteiger partial charge in [-0.3, -0.25) is 18.6 Å². The van der Waals surface area contributed by atoms with E-state index in [4.69, 9.17) is 13.8 Å². The Morgan fingerprint density at radius 2 is 0.842 bits per heavy atom. The number of rotatable bonds is 56. The van der Waals surface area contributed by atoms with Gasteiger partial charge in [0.15, 0.2) is 0 Å². The van der Waals surface area contributed by atoms with Gasteiger partial charge < -0.3 is 19.4 Å². The molecule has 0 saturated carbocycles. The van der Waals surface area contributed by atoms with Crippen LogP contribution in [0.4, 0.5) is 0 Å². The van der Waals surface area contributed by atoms with Crippen LogP contribution in [0.5, 0.6) is 0 Å². The van der Waals surface area contributed by atoms with Crippen molar-refractivity contribution in [2.45, 2.75) is 283 Å². The third-order valence-corrected chi connectivity index (χ3v) is 14.6. The van der Waals surface area contributed by atoms with E-state index in [0.717, 1.165) is 89.9 Å². The minimum absolute atomic E-state index is 0.0294. The highest BCUT2D eigenvalue weighted by molar-refractivity contribution is 7.47. The van der Waals surface area contributed by atoms with E-state index >= 15 is 0 Å². The molecule has 76 heavy (non-hydrogen) atoms. The van der Waals surface area contributed by atoms with Gasteiger partial charge in [0.2, 0.25) is 5.91 Å². The Balaban J connectivity index is 5.32. The van der Waals surface area contributed by atoms with Gasteiger partial charge in [-0.25, -0.2) is 4.57 Å². The molecule has 0 fully saturated rings. The Morgan fingerprint density at radius 3 is 1.28 bits per heavy atom. The average Bonchev–Trinajstić information content (AvgIpc) is 3.38. The number of amides is 1. The zero-order valence-corrected chi connectivity index (χ0v) is 51.1. The molecule has 1 amide bonds. The SMILES string of the molecule is CC/C=C\C/C=C\C/C=C\C/C=C\C/C=C\C/C=C\CCCCC(=O)NC(COP(=O)(O)OCC[N+](C)(C)C)C(/C=C/CCCCCCCCCCCC)OC(=O)CCCCCCCCCCCCCCCCCCC. The first-order valence-corrected chi connectivity index (χ1v) is 32.9. The standard InChI is InChI=1S/C66H119N2O7P/c1-7-10-13-16-19-22-25-28-30-32-33-34-35-37-38-40-43-46-49-52-55-58-65(69)67-63(62-74-76(71,72)73-61-60-68(4,5)6)64(57-54-51-48-45-42-27-24-21-18-15-12-9-3)75-66(70)59-56-53-50-47-44-41-39-36-31-29-26-23-20-17-14-11-8-2/h10,13,19,22,28,30,33-34,37-38,43,46,54,57,63-64H,7-9,11-12,14-18,20-21,23-27,29,31-32,35-36,39-42,44-45,47-53,55-56,58-62H2,1-6H3,(H-,67,69,71,72)/p+1/b13-10-,22-19-,30-28-,34-33-,38-37-,46-43-,57-54+. The molecule has 440 valence electrons.